The highest BCUT2D eigenvalue weighted by molar-refractivity contribution is 5.91. The van der Waals surface area contributed by atoms with Gasteiger partial charge in [-0.15, -0.1) is 0 Å². The Hall–Kier alpha value is -2.24. The van der Waals surface area contributed by atoms with Crippen molar-refractivity contribution in [3.05, 3.63) is 29.8 Å². The smallest absolute Gasteiger partial charge is 0.179 e. The molecule has 0 unspecified atom stereocenters. The first-order chi connectivity index (χ1) is 11.3. The van der Waals surface area contributed by atoms with Crippen LogP contribution in [-0.2, 0) is 5.54 Å². The number of Topliss-reactive ketones (excluding diaryl/α,β-unsaturated/α-hetero) is 1. The highest BCUT2D eigenvalue weighted by Crippen LogP contribution is 2.36. The summed E-state index contributed by atoms with van der Waals surface area (Å²) >= 11 is 0. The summed E-state index contributed by atoms with van der Waals surface area (Å²) in [6.45, 7) is 7.88. The van der Waals surface area contributed by atoms with E-state index in [1.807, 2.05) is 4.68 Å². The number of ketones is 1. The second-order valence-electron chi connectivity index (χ2n) is 7.49. The molecule has 2 heterocycles. The molecule has 6 heteroatoms. The van der Waals surface area contributed by atoms with Crippen molar-refractivity contribution in [2.45, 2.75) is 64.8 Å². The van der Waals surface area contributed by atoms with Gasteiger partial charge in [-0.2, -0.15) is 5.10 Å². The average Bonchev–Trinajstić information content (AvgIpc) is 3.15. The first-order valence-corrected chi connectivity index (χ1v) is 8.55. The maximum absolute atomic E-state index is 11.3. The van der Waals surface area contributed by atoms with Gasteiger partial charge in [-0.05, 0) is 33.6 Å². The lowest BCUT2D eigenvalue weighted by molar-refractivity contribution is 0.101. The first kappa shape index (κ1) is 16.6. The minimum atomic E-state index is -0.133. The van der Waals surface area contributed by atoms with Gasteiger partial charge in [0.05, 0.1) is 23.6 Å². The summed E-state index contributed by atoms with van der Waals surface area (Å²) in [5, 5.41) is 8.16. The lowest BCUT2D eigenvalue weighted by atomic mass is 10.0. The first-order valence-electron chi connectivity index (χ1n) is 8.55. The van der Waals surface area contributed by atoms with Gasteiger partial charge >= 0.3 is 0 Å². The van der Waals surface area contributed by atoms with Crippen LogP contribution in [0.15, 0.2) is 18.5 Å². The van der Waals surface area contributed by atoms with Crippen molar-refractivity contribution in [2.24, 2.45) is 0 Å². The molecule has 1 N–H and O–H groups in total. The Bertz CT molecular complexity index is 721. The molecule has 24 heavy (non-hydrogen) atoms. The fraction of sp³-hybridized carbons (Fsp3) is 0.556. The van der Waals surface area contributed by atoms with E-state index in [1.54, 1.807) is 6.20 Å². The number of carbonyl (C=O) groups excluding carboxylic acids is 1. The predicted octanol–water partition coefficient (Wildman–Crippen LogP) is 4.03. The number of rotatable bonds is 4. The van der Waals surface area contributed by atoms with Gasteiger partial charge in [0.1, 0.15) is 17.3 Å². The van der Waals surface area contributed by atoms with E-state index in [0.29, 0.717) is 17.4 Å². The van der Waals surface area contributed by atoms with Crippen molar-refractivity contribution in [2.75, 3.05) is 5.32 Å². The number of nitrogens with zero attached hydrogens (tertiary/aromatic N) is 4. The van der Waals surface area contributed by atoms with Crippen molar-refractivity contribution in [3.8, 4) is 0 Å². The highest BCUT2D eigenvalue weighted by Gasteiger charge is 2.25. The molecule has 0 aromatic carbocycles. The predicted molar refractivity (Wildman–Crippen MR) is 93.8 cm³/mol. The Morgan fingerprint density at radius 3 is 2.46 bits per heavy atom. The molecular formula is C18H25N5O. The van der Waals surface area contributed by atoms with Crippen molar-refractivity contribution in [1.82, 2.24) is 19.7 Å². The van der Waals surface area contributed by atoms with E-state index in [-0.39, 0.29) is 11.3 Å². The second kappa shape index (κ2) is 6.34. The van der Waals surface area contributed by atoms with E-state index in [2.05, 4.69) is 42.1 Å². The number of anilines is 2. The van der Waals surface area contributed by atoms with Crippen LogP contribution in [0.5, 0.6) is 0 Å². The van der Waals surface area contributed by atoms with E-state index in [1.165, 1.54) is 38.8 Å². The van der Waals surface area contributed by atoms with Crippen LogP contribution >= 0.6 is 0 Å². The average molecular weight is 327 g/mol. The van der Waals surface area contributed by atoms with Crippen molar-refractivity contribution >= 4 is 17.4 Å². The third-order valence-corrected chi connectivity index (χ3v) is 4.41. The quantitative estimate of drug-likeness (QED) is 0.858. The molecule has 1 saturated carbocycles. The van der Waals surface area contributed by atoms with Crippen LogP contribution < -0.4 is 5.32 Å². The van der Waals surface area contributed by atoms with Crippen LogP contribution in [0.3, 0.4) is 0 Å². The molecule has 1 fully saturated rings. The van der Waals surface area contributed by atoms with E-state index in [9.17, 15) is 4.79 Å². The van der Waals surface area contributed by atoms with Crippen LogP contribution in [-0.4, -0.2) is 25.5 Å². The van der Waals surface area contributed by atoms with Gasteiger partial charge in [0.25, 0.3) is 0 Å². The standard InChI is InChI=1S/C18H25N5O/c1-12(24)15-10-20-16(11-19-15)21-17-9-14(13-7-5-6-8-13)22-23(17)18(2,3)4/h9-11,13H,5-8H2,1-4H3,(H,20,21). The van der Waals surface area contributed by atoms with Crippen molar-refractivity contribution in [3.63, 3.8) is 0 Å². The van der Waals surface area contributed by atoms with Crippen LogP contribution in [0.25, 0.3) is 0 Å². The van der Waals surface area contributed by atoms with E-state index >= 15 is 0 Å². The molecule has 2 aromatic heterocycles. The zero-order chi connectivity index (χ0) is 17.3. The molecule has 0 aliphatic heterocycles. The topological polar surface area (TPSA) is 72.7 Å². The van der Waals surface area contributed by atoms with Gasteiger partial charge in [0, 0.05) is 18.9 Å². The number of hydrogen-bond donors (Lipinski definition) is 1. The third-order valence-electron chi connectivity index (χ3n) is 4.41. The van der Waals surface area contributed by atoms with Gasteiger partial charge in [0.15, 0.2) is 5.78 Å². The maximum atomic E-state index is 11.3. The lowest BCUT2D eigenvalue weighted by Crippen LogP contribution is -2.25. The summed E-state index contributed by atoms with van der Waals surface area (Å²) < 4.78 is 2.02. The van der Waals surface area contributed by atoms with Crippen LogP contribution in [0.1, 0.15) is 75.5 Å². The Morgan fingerprint density at radius 2 is 1.92 bits per heavy atom. The molecule has 2 aromatic rings. The molecule has 0 spiro atoms. The Morgan fingerprint density at radius 1 is 1.21 bits per heavy atom. The fourth-order valence-corrected chi connectivity index (χ4v) is 3.13. The van der Waals surface area contributed by atoms with Gasteiger partial charge < -0.3 is 5.32 Å². The lowest BCUT2D eigenvalue weighted by Gasteiger charge is -2.22. The molecule has 0 amide bonds. The van der Waals surface area contributed by atoms with E-state index in [0.717, 1.165) is 11.5 Å². The summed E-state index contributed by atoms with van der Waals surface area (Å²) in [7, 11) is 0. The van der Waals surface area contributed by atoms with Crippen LogP contribution in [0.2, 0.25) is 0 Å². The third kappa shape index (κ3) is 3.47. The Labute approximate surface area is 142 Å². The molecule has 0 atom stereocenters. The fourth-order valence-electron chi connectivity index (χ4n) is 3.13. The van der Waals surface area contributed by atoms with E-state index < -0.39 is 0 Å². The molecular weight excluding hydrogens is 302 g/mol. The summed E-state index contributed by atoms with van der Waals surface area (Å²) in [4.78, 5) is 19.7. The van der Waals surface area contributed by atoms with Crippen molar-refractivity contribution < 1.29 is 4.79 Å². The van der Waals surface area contributed by atoms with Gasteiger partial charge in [-0.3, -0.25) is 4.79 Å². The molecule has 6 nitrogen and oxygen atoms in total. The number of nitrogens with one attached hydrogen (secondary N) is 1. The second-order valence-corrected chi connectivity index (χ2v) is 7.49. The van der Waals surface area contributed by atoms with Gasteiger partial charge in [0.2, 0.25) is 0 Å². The summed E-state index contributed by atoms with van der Waals surface area (Å²) in [5.41, 5.74) is 1.39. The van der Waals surface area contributed by atoms with Gasteiger partial charge in [-0.1, -0.05) is 12.8 Å². The molecule has 0 saturated heterocycles. The summed E-state index contributed by atoms with van der Waals surface area (Å²) in [6, 6.07) is 2.13. The van der Waals surface area contributed by atoms with Crippen LogP contribution in [0.4, 0.5) is 11.6 Å². The molecule has 0 radical (unpaired) electrons. The highest BCUT2D eigenvalue weighted by atomic mass is 16.1. The van der Waals surface area contributed by atoms with Gasteiger partial charge in [-0.25, -0.2) is 14.6 Å². The largest absolute Gasteiger partial charge is 0.324 e. The van der Waals surface area contributed by atoms with E-state index in [4.69, 9.17) is 5.10 Å². The molecule has 1 aliphatic rings. The summed E-state index contributed by atoms with van der Waals surface area (Å²) in [5.74, 6) is 2.00. The SMILES string of the molecule is CC(=O)c1cnc(Nc2cc(C3CCCC3)nn2C(C)(C)C)cn1. The monoisotopic (exact) mass is 327 g/mol. The summed E-state index contributed by atoms with van der Waals surface area (Å²) in [6.07, 6.45) is 8.09. The number of aromatic nitrogens is 4. The van der Waals surface area contributed by atoms with Crippen LogP contribution in [0, 0.1) is 0 Å². The zero-order valence-corrected chi connectivity index (χ0v) is 14.8. The minimum Gasteiger partial charge on any atom is -0.324 e. The minimum absolute atomic E-state index is 0.0858. The normalized spacial score (nSPS) is 15.7. The Kier molecular flexibility index (Phi) is 4.39. The molecule has 1 aliphatic carbocycles. The molecule has 128 valence electrons. The number of carbonyl (C=O) groups is 1. The van der Waals surface area contributed by atoms with Crippen molar-refractivity contribution in [1.29, 1.82) is 0 Å². The maximum Gasteiger partial charge on any atom is 0.179 e. The Balaban J connectivity index is 1.89. The zero-order valence-electron chi connectivity index (χ0n) is 14.8. The molecule has 3 rings (SSSR count). The molecule has 0 bridgehead atoms. The number of hydrogen-bond acceptors (Lipinski definition) is 5.